The van der Waals surface area contributed by atoms with Crippen LogP contribution in [0.5, 0.6) is 0 Å². The third-order valence-electron chi connectivity index (χ3n) is 24.1. The van der Waals surface area contributed by atoms with Gasteiger partial charge in [-0.05, 0) is 0 Å². The van der Waals surface area contributed by atoms with Crippen molar-refractivity contribution in [1.82, 2.24) is 13.7 Å². The molecular weight excluding hydrogens is 1250 g/mol. The predicted octanol–water partition coefficient (Wildman–Crippen LogP) is 19.4. The Morgan fingerprint density at radius 1 is 0.204 bits per heavy atom. The summed E-state index contributed by atoms with van der Waals surface area (Å²) in [6.45, 7) is 0. The van der Waals surface area contributed by atoms with Crippen LogP contribution in [0, 0.1) is 0 Å². The molecule has 5 heteroatoms. The molecule has 3 aliphatic carbocycles. The van der Waals surface area contributed by atoms with Gasteiger partial charge in [0.25, 0.3) is 0 Å². The summed E-state index contributed by atoms with van der Waals surface area (Å²) in [5.41, 5.74) is 30.4. The van der Waals surface area contributed by atoms with Crippen molar-refractivity contribution in [2.75, 3.05) is 0 Å². The number of benzene rings is 15. The van der Waals surface area contributed by atoms with Gasteiger partial charge in [-0.2, -0.15) is 0 Å². The Labute approximate surface area is 566 Å². The zero-order valence-corrected chi connectivity index (χ0v) is 54.8. The fourth-order valence-corrected chi connectivity index (χ4v) is 26.3. The first kappa shape index (κ1) is 52.3. The summed E-state index contributed by atoms with van der Waals surface area (Å²) >= 11 is -5.20. The molecule has 0 N–H and O–H groups in total. The fraction of sp³-hybridized carbons (Fsp3) is 0.0323. The van der Waals surface area contributed by atoms with Gasteiger partial charge in [0.2, 0.25) is 0 Å². The number of fused-ring (bicyclic) bond motifs is 36. The molecule has 0 fully saturated rings. The van der Waals surface area contributed by atoms with Crippen molar-refractivity contribution >= 4 is 92.0 Å². The van der Waals surface area contributed by atoms with Crippen LogP contribution >= 0.6 is 0 Å². The quantitative estimate of drug-likeness (QED) is 0.162. The van der Waals surface area contributed by atoms with Gasteiger partial charge in [0.1, 0.15) is 0 Å². The van der Waals surface area contributed by atoms with E-state index in [2.05, 4.69) is 341 Å². The molecule has 6 aliphatic rings. The third kappa shape index (κ3) is 5.73. The molecule has 0 amide bonds. The topological polar surface area (TPSA) is 31.9 Å². The summed E-state index contributed by atoms with van der Waals surface area (Å²) in [5.74, 6) is 0. The van der Waals surface area contributed by atoms with Crippen LogP contribution in [-0.4, -0.2) is 27.2 Å². The predicted molar refractivity (Wildman–Crippen MR) is 400 cm³/mol. The van der Waals surface area contributed by atoms with Gasteiger partial charge in [-0.25, -0.2) is 0 Å². The summed E-state index contributed by atoms with van der Waals surface area (Å²) in [6.07, 6.45) is 0. The van der Waals surface area contributed by atoms with Crippen molar-refractivity contribution in [3.63, 3.8) is 0 Å². The van der Waals surface area contributed by atoms with Gasteiger partial charge in [0.05, 0.1) is 0 Å². The number of nitrogens with zero attached hydrogens (tertiary/aromatic N) is 3. The number of rotatable bonds is 3. The molecule has 15 aromatic carbocycles. The Balaban J connectivity index is 0.856. The van der Waals surface area contributed by atoms with E-state index >= 15 is 3.74 Å². The van der Waals surface area contributed by atoms with Gasteiger partial charge in [-0.15, -0.1) is 0 Å². The van der Waals surface area contributed by atoms with E-state index in [-0.39, 0.29) is 0 Å². The molecule has 0 atom stereocenters. The van der Waals surface area contributed by atoms with E-state index in [1.165, 1.54) is 149 Å². The molecular formula is C93H54AsN3O. The standard InChI is InChI=1S/C93H54AsN3O/c98-94(55-46-49-76-85(52-55)95-82-43-16-7-28-64(82)67-31-19-40-79(88(67)95)91(76)70-34-10-1-22-58(70)59-23-2-11-35-71(59)91,56-47-50-77-86(53-56)96-83-44-17-8-29-65(83)68-32-20-41-80(89(68)96)92(77)72-36-12-3-24-60(72)61-25-4-13-37-73(61)92)57-48-51-78-87(54-57)97-84-45-18-9-30-66(84)69-33-21-42-81(90(69)97)93(78)74-38-14-5-26-62(74)63-27-6-15-39-75(63)93/h1-54H. The number of hydrogen-bond donors (Lipinski definition) is 0. The molecule has 0 saturated carbocycles. The zero-order valence-electron chi connectivity index (χ0n) is 52.9. The van der Waals surface area contributed by atoms with E-state index < -0.39 is 29.7 Å². The van der Waals surface area contributed by atoms with Crippen molar-refractivity contribution in [1.29, 1.82) is 0 Å². The molecule has 3 aliphatic heterocycles. The molecule has 0 radical (unpaired) electrons. The number of para-hydroxylation sites is 6. The summed E-state index contributed by atoms with van der Waals surface area (Å²) in [4.78, 5) is 0. The van der Waals surface area contributed by atoms with Gasteiger partial charge in [0.15, 0.2) is 0 Å². The fourth-order valence-electron chi connectivity index (χ4n) is 20.7. The molecule has 0 unspecified atom stereocenters. The number of aromatic nitrogens is 3. The molecule has 98 heavy (non-hydrogen) atoms. The van der Waals surface area contributed by atoms with Crippen LogP contribution in [0.1, 0.15) is 66.8 Å². The average molecular weight is 1300 g/mol. The van der Waals surface area contributed by atoms with E-state index in [9.17, 15) is 0 Å². The van der Waals surface area contributed by atoms with Crippen molar-refractivity contribution in [2.24, 2.45) is 0 Å². The molecule has 0 saturated heterocycles. The SMILES string of the molecule is O=[As](c1ccc2c(c1)-n1c3ccccc3c3cccc(c31)C21c2ccccc2-c2ccccc21)(c1ccc2c(c1)-n1c3ccccc3c3cccc(c31)C21c2ccccc2-c2ccccc21)c1ccc2c(c1)-n1c3ccccc3c3cccc(c31)C21c2ccccc2-c2ccccc21. The van der Waals surface area contributed by atoms with Crippen LogP contribution in [0.15, 0.2) is 328 Å². The second kappa shape index (κ2) is 17.9. The van der Waals surface area contributed by atoms with Gasteiger partial charge in [-0.3, -0.25) is 0 Å². The van der Waals surface area contributed by atoms with Crippen molar-refractivity contribution in [3.8, 4) is 50.4 Å². The van der Waals surface area contributed by atoms with Gasteiger partial charge >= 0.3 is 570 Å². The normalized spacial score (nSPS) is 15.0. The Morgan fingerprint density at radius 2 is 0.429 bits per heavy atom. The van der Waals surface area contributed by atoms with Crippen molar-refractivity contribution < 1.29 is 3.74 Å². The zero-order chi connectivity index (χ0) is 63.7. The Bertz CT molecular complexity index is 6040. The monoisotopic (exact) mass is 1300 g/mol. The Morgan fingerprint density at radius 3 is 0.704 bits per heavy atom. The molecule has 24 rings (SSSR count). The molecule has 0 bridgehead atoms. The molecule has 18 aromatic rings. The van der Waals surface area contributed by atoms with E-state index in [1.54, 1.807) is 0 Å². The van der Waals surface area contributed by atoms with E-state index in [0.29, 0.717) is 0 Å². The summed E-state index contributed by atoms with van der Waals surface area (Å²) in [7, 11) is 0. The van der Waals surface area contributed by atoms with E-state index in [4.69, 9.17) is 0 Å². The van der Waals surface area contributed by atoms with Crippen molar-refractivity contribution in [2.45, 2.75) is 16.2 Å². The number of hydrogen-bond acceptors (Lipinski definition) is 1. The first-order chi connectivity index (χ1) is 48.5. The van der Waals surface area contributed by atoms with Gasteiger partial charge in [-0.1, -0.05) is 0 Å². The maximum absolute atomic E-state index is 19.5. The minimum atomic E-state index is -5.20. The third-order valence-corrected chi connectivity index (χ3v) is 30.5. The second-order valence-electron chi connectivity index (χ2n) is 27.9. The molecule has 3 spiro atoms. The molecule has 4 nitrogen and oxygen atoms in total. The van der Waals surface area contributed by atoms with Crippen LogP contribution in [0.2, 0.25) is 0 Å². The maximum atomic E-state index is 19.5. The first-order valence-electron chi connectivity index (χ1n) is 34.3. The first-order valence-corrected chi connectivity index (χ1v) is 37.8. The molecule has 3 aromatic heterocycles. The van der Waals surface area contributed by atoms with Gasteiger partial charge < -0.3 is 0 Å². The van der Waals surface area contributed by atoms with Crippen LogP contribution in [-0.2, 0) is 20.0 Å². The van der Waals surface area contributed by atoms with Crippen molar-refractivity contribution in [3.05, 3.63) is 394 Å². The molecule has 6 heterocycles. The van der Waals surface area contributed by atoms with Crippen LogP contribution in [0.25, 0.3) is 116 Å². The summed E-state index contributed by atoms with van der Waals surface area (Å²) in [6, 6.07) is 123. The van der Waals surface area contributed by atoms with Crippen LogP contribution in [0.3, 0.4) is 0 Å². The average Bonchev–Trinajstić information content (AvgIpc) is 1.48. The van der Waals surface area contributed by atoms with Crippen LogP contribution in [0.4, 0.5) is 0 Å². The Hall–Kier alpha value is -11.9. The van der Waals surface area contributed by atoms with E-state index in [1.807, 2.05) is 0 Å². The van der Waals surface area contributed by atoms with Gasteiger partial charge in [0, 0.05) is 0 Å². The molecule has 452 valence electrons. The summed E-state index contributed by atoms with van der Waals surface area (Å²) in [5, 5.41) is 7.20. The Kier molecular flexibility index (Phi) is 9.58. The summed E-state index contributed by atoms with van der Waals surface area (Å²) < 4.78 is 29.6. The van der Waals surface area contributed by atoms with E-state index in [0.717, 1.165) is 46.7 Å². The van der Waals surface area contributed by atoms with Crippen LogP contribution < -0.4 is 13.1 Å². The minimum absolute atomic E-state index is 0.688. The second-order valence-corrected chi connectivity index (χ2v) is 33.7.